The van der Waals surface area contributed by atoms with E-state index >= 15 is 0 Å². The summed E-state index contributed by atoms with van der Waals surface area (Å²) in [5.41, 5.74) is 2.50. The fraction of sp³-hybridized carbons (Fsp3) is 0.857. The average Bonchev–Trinajstić information content (AvgIpc) is 1.97. The Labute approximate surface area is 68.2 Å². The first-order chi connectivity index (χ1) is 5.20. The van der Waals surface area contributed by atoms with Gasteiger partial charge in [-0.1, -0.05) is 13.8 Å². The maximum Gasteiger partial charge on any atom is 0.205 e. The highest BCUT2D eigenvalue weighted by molar-refractivity contribution is 5.79. The maximum absolute atomic E-state index is 5.20. The molecule has 0 aromatic rings. The normalized spacial score (nSPS) is 11.9. The molecule has 0 heterocycles. The summed E-state index contributed by atoms with van der Waals surface area (Å²) >= 11 is 0. The van der Waals surface area contributed by atoms with E-state index in [0.717, 1.165) is 13.1 Å². The molecule has 66 valence electrons. The third kappa shape index (κ3) is 5.66. The van der Waals surface area contributed by atoms with Gasteiger partial charge in [-0.05, 0) is 12.8 Å². The zero-order chi connectivity index (χ0) is 8.69. The van der Waals surface area contributed by atoms with Gasteiger partial charge in [-0.25, -0.2) is 5.84 Å². The molecule has 0 fully saturated rings. The molecule has 0 unspecified atom stereocenters. The first-order valence-electron chi connectivity index (χ1n) is 3.95. The number of hydrogen-bond acceptors (Lipinski definition) is 2. The topological polar surface area (TPSA) is 62.4 Å². The fourth-order valence-electron chi connectivity index (χ4n) is 0.594. The third-order valence-electron chi connectivity index (χ3n) is 1.10. The summed E-state index contributed by atoms with van der Waals surface area (Å²) < 4.78 is 0. The summed E-state index contributed by atoms with van der Waals surface area (Å²) in [5, 5.41) is 3.00. The van der Waals surface area contributed by atoms with Crippen molar-refractivity contribution >= 4 is 5.96 Å². The Kier molecular flexibility index (Phi) is 5.56. The molecule has 0 saturated carbocycles. The molecule has 0 bridgehead atoms. The Morgan fingerprint density at radius 3 is 2.55 bits per heavy atom. The number of hydrazine groups is 1. The van der Waals surface area contributed by atoms with E-state index in [1.165, 1.54) is 0 Å². The van der Waals surface area contributed by atoms with Crippen LogP contribution in [0.25, 0.3) is 0 Å². The summed E-state index contributed by atoms with van der Waals surface area (Å²) in [4.78, 5) is 4.20. The second-order valence-corrected chi connectivity index (χ2v) is 2.76. The molecule has 4 nitrogen and oxygen atoms in total. The van der Waals surface area contributed by atoms with Crippen LogP contribution in [0, 0.1) is 5.92 Å². The number of hydrogen-bond donors (Lipinski definition) is 3. The standard InChI is InChI=1S/C7H18N4/c1-4-9-7(11-8)10-5-6(2)3/h6H,4-5,8H2,1-3H3,(H2,9,10,11). The third-order valence-corrected chi connectivity index (χ3v) is 1.10. The Bertz CT molecular complexity index is 120. The van der Waals surface area contributed by atoms with Crippen LogP contribution in [-0.4, -0.2) is 19.0 Å². The van der Waals surface area contributed by atoms with E-state index in [1.807, 2.05) is 6.92 Å². The molecule has 0 aliphatic rings. The molecule has 0 spiro atoms. The lowest BCUT2D eigenvalue weighted by Crippen LogP contribution is -2.41. The van der Waals surface area contributed by atoms with Gasteiger partial charge in [0.05, 0.1) is 0 Å². The van der Waals surface area contributed by atoms with Gasteiger partial charge in [0.25, 0.3) is 0 Å². The molecule has 0 aliphatic heterocycles. The van der Waals surface area contributed by atoms with Crippen molar-refractivity contribution in [3.63, 3.8) is 0 Å². The van der Waals surface area contributed by atoms with Crippen LogP contribution in [0.15, 0.2) is 4.99 Å². The van der Waals surface area contributed by atoms with E-state index in [0.29, 0.717) is 11.9 Å². The van der Waals surface area contributed by atoms with Crippen LogP contribution in [0.2, 0.25) is 0 Å². The number of guanidine groups is 1. The Balaban J connectivity index is 3.70. The van der Waals surface area contributed by atoms with Crippen LogP contribution in [0.1, 0.15) is 20.8 Å². The second-order valence-electron chi connectivity index (χ2n) is 2.76. The van der Waals surface area contributed by atoms with E-state index < -0.39 is 0 Å². The summed E-state index contributed by atoms with van der Waals surface area (Å²) in [6.07, 6.45) is 0. The van der Waals surface area contributed by atoms with Gasteiger partial charge in [0.2, 0.25) is 5.96 Å². The lowest BCUT2D eigenvalue weighted by molar-refractivity contribution is 0.658. The van der Waals surface area contributed by atoms with Crippen molar-refractivity contribution in [2.45, 2.75) is 20.8 Å². The molecule has 0 aliphatic carbocycles. The highest BCUT2D eigenvalue weighted by Gasteiger charge is 1.93. The van der Waals surface area contributed by atoms with Crippen molar-refractivity contribution in [2.24, 2.45) is 16.8 Å². The second kappa shape index (κ2) is 5.97. The molecule has 0 aromatic heterocycles. The van der Waals surface area contributed by atoms with E-state index in [-0.39, 0.29) is 0 Å². The largest absolute Gasteiger partial charge is 0.356 e. The van der Waals surface area contributed by atoms with E-state index in [4.69, 9.17) is 5.84 Å². The van der Waals surface area contributed by atoms with Crippen LogP contribution in [-0.2, 0) is 0 Å². The quantitative estimate of drug-likeness (QED) is 0.236. The fourth-order valence-corrected chi connectivity index (χ4v) is 0.594. The minimum absolute atomic E-state index is 0.567. The number of nitrogens with two attached hydrogens (primary N) is 1. The van der Waals surface area contributed by atoms with Gasteiger partial charge in [-0.2, -0.15) is 0 Å². The van der Waals surface area contributed by atoms with Gasteiger partial charge in [0, 0.05) is 13.1 Å². The Hall–Kier alpha value is -0.770. The van der Waals surface area contributed by atoms with Crippen molar-refractivity contribution in [1.82, 2.24) is 10.7 Å². The summed E-state index contributed by atoms with van der Waals surface area (Å²) in [6, 6.07) is 0. The van der Waals surface area contributed by atoms with Crippen molar-refractivity contribution in [2.75, 3.05) is 13.1 Å². The molecule has 0 amide bonds. The lowest BCUT2D eigenvalue weighted by atomic mass is 10.2. The first kappa shape index (κ1) is 10.2. The summed E-state index contributed by atoms with van der Waals surface area (Å²) in [5.74, 6) is 6.44. The van der Waals surface area contributed by atoms with Gasteiger partial charge < -0.3 is 5.32 Å². The van der Waals surface area contributed by atoms with Crippen molar-refractivity contribution in [3.05, 3.63) is 0 Å². The molecule has 0 saturated heterocycles. The molecular formula is C7H18N4. The molecule has 4 heteroatoms. The molecular weight excluding hydrogens is 140 g/mol. The van der Waals surface area contributed by atoms with Crippen LogP contribution < -0.4 is 16.6 Å². The predicted octanol–water partition coefficient (Wildman–Crippen LogP) is 0.0712. The highest BCUT2D eigenvalue weighted by Crippen LogP contribution is 1.90. The molecule has 11 heavy (non-hydrogen) atoms. The summed E-state index contributed by atoms with van der Waals surface area (Å²) in [7, 11) is 0. The van der Waals surface area contributed by atoms with Crippen LogP contribution >= 0.6 is 0 Å². The number of nitrogens with zero attached hydrogens (tertiary/aromatic N) is 1. The van der Waals surface area contributed by atoms with E-state index in [2.05, 4.69) is 29.6 Å². The smallest absolute Gasteiger partial charge is 0.205 e. The molecule has 0 rings (SSSR count). The molecule has 0 atom stereocenters. The highest BCUT2D eigenvalue weighted by atomic mass is 15.3. The first-order valence-corrected chi connectivity index (χ1v) is 3.95. The molecule has 0 aromatic carbocycles. The van der Waals surface area contributed by atoms with Gasteiger partial charge in [-0.15, -0.1) is 0 Å². The van der Waals surface area contributed by atoms with Crippen molar-refractivity contribution < 1.29 is 0 Å². The minimum atomic E-state index is 0.567. The Morgan fingerprint density at radius 2 is 2.18 bits per heavy atom. The van der Waals surface area contributed by atoms with E-state index in [9.17, 15) is 0 Å². The van der Waals surface area contributed by atoms with E-state index in [1.54, 1.807) is 0 Å². The number of nitrogens with one attached hydrogen (secondary N) is 2. The zero-order valence-electron chi connectivity index (χ0n) is 7.52. The Morgan fingerprint density at radius 1 is 1.55 bits per heavy atom. The molecule has 0 radical (unpaired) electrons. The predicted molar refractivity (Wildman–Crippen MR) is 48.1 cm³/mol. The SMILES string of the molecule is CCNC(=NCC(C)C)NN. The van der Waals surface area contributed by atoms with Crippen LogP contribution in [0.3, 0.4) is 0 Å². The monoisotopic (exact) mass is 158 g/mol. The van der Waals surface area contributed by atoms with Crippen molar-refractivity contribution in [3.8, 4) is 0 Å². The van der Waals surface area contributed by atoms with Crippen LogP contribution in [0.4, 0.5) is 0 Å². The summed E-state index contributed by atoms with van der Waals surface area (Å²) in [6.45, 7) is 7.86. The van der Waals surface area contributed by atoms with Gasteiger partial charge in [0.1, 0.15) is 0 Å². The lowest BCUT2D eigenvalue weighted by Gasteiger charge is -2.07. The minimum Gasteiger partial charge on any atom is -0.356 e. The average molecular weight is 158 g/mol. The van der Waals surface area contributed by atoms with Crippen molar-refractivity contribution in [1.29, 1.82) is 0 Å². The van der Waals surface area contributed by atoms with Crippen LogP contribution in [0.5, 0.6) is 0 Å². The van der Waals surface area contributed by atoms with Gasteiger partial charge in [-0.3, -0.25) is 10.4 Å². The van der Waals surface area contributed by atoms with Gasteiger partial charge in [0.15, 0.2) is 0 Å². The van der Waals surface area contributed by atoms with Gasteiger partial charge >= 0.3 is 0 Å². The number of rotatable bonds is 3. The zero-order valence-corrected chi connectivity index (χ0v) is 7.52. The maximum atomic E-state index is 5.20. The molecule has 4 N–H and O–H groups in total. The number of aliphatic imine (C=N–C) groups is 1.